The minimum absolute atomic E-state index is 0.212. The zero-order valence-electron chi connectivity index (χ0n) is 15.3. The van der Waals surface area contributed by atoms with Crippen molar-refractivity contribution in [3.63, 3.8) is 0 Å². The molecule has 0 bridgehead atoms. The summed E-state index contributed by atoms with van der Waals surface area (Å²) in [5.74, 6) is -1.97. The van der Waals surface area contributed by atoms with Crippen molar-refractivity contribution in [2.45, 2.75) is 39.2 Å². The normalized spacial score (nSPS) is 16.5. The summed E-state index contributed by atoms with van der Waals surface area (Å²) in [7, 11) is 0. The Labute approximate surface area is 156 Å². The minimum Gasteiger partial charge on any atom is -0.464 e. The molecule has 1 aliphatic heterocycles. The number of aryl methyl sites for hydroxylation is 1. The average Bonchev–Trinajstić information content (AvgIpc) is 2.65. The van der Waals surface area contributed by atoms with E-state index in [1.165, 1.54) is 30.0 Å². The number of carbonyl (C=O) groups excluding carboxylic acids is 3. The fourth-order valence-electron chi connectivity index (χ4n) is 3.07. The van der Waals surface area contributed by atoms with Crippen LogP contribution in [0.1, 0.15) is 42.1 Å². The van der Waals surface area contributed by atoms with Crippen LogP contribution in [0.5, 0.6) is 0 Å². The SMILES string of the molecule is CCOC(=O)[C@H]1CCCCN1C(=O)COC(=O)c1cccc(C)c1[N+](=O)[O-]. The number of rotatable bonds is 6. The highest BCUT2D eigenvalue weighted by Gasteiger charge is 2.34. The molecule has 9 heteroatoms. The molecule has 0 radical (unpaired) electrons. The molecule has 1 aliphatic rings. The van der Waals surface area contributed by atoms with Crippen LogP contribution in [0, 0.1) is 17.0 Å². The van der Waals surface area contributed by atoms with E-state index >= 15 is 0 Å². The second-order valence-electron chi connectivity index (χ2n) is 6.16. The summed E-state index contributed by atoms with van der Waals surface area (Å²) in [4.78, 5) is 48.6. The van der Waals surface area contributed by atoms with Gasteiger partial charge in [-0.3, -0.25) is 14.9 Å². The summed E-state index contributed by atoms with van der Waals surface area (Å²) < 4.78 is 9.99. The molecule has 0 spiro atoms. The first-order valence-electron chi connectivity index (χ1n) is 8.74. The van der Waals surface area contributed by atoms with E-state index in [2.05, 4.69) is 0 Å². The first-order valence-corrected chi connectivity index (χ1v) is 8.74. The number of nitro groups is 1. The molecule has 1 heterocycles. The molecule has 1 aromatic rings. The molecule has 1 aromatic carbocycles. The molecule has 0 aliphatic carbocycles. The van der Waals surface area contributed by atoms with Gasteiger partial charge < -0.3 is 14.4 Å². The van der Waals surface area contributed by atoms with E-state index in [-0.39, 0.29) is 17.9 Å². The van der Waals surface area contributed by atoms with Crippen molar-refractivity contribution in [2.75, 3.05) is 19.8 Å². The molecule has 0 aromatic heterocycles. The summed E-state index contributed by atoms with van der Waals surface area (Å²) in [6.07, 6.45) is 2.02. The lowest BCUT2D eigenvalue weighted by Gasteiger charge is -2.33. The van der Waals surface area contributed by atoms with Gasteiger partial charge in [0.15, 0.2) is 6.61 Å². The zero-order valence-corrected chi connectivity index (χ0v) is 15.3. The van der Waals surface area contributed by atoms with E-state index in [4.69, 9.17) is 9.47 Å². The number of esters is 2. The Balaban J connectivity index is 2.06. The van der Waals surface area contributed by atoms with Crippen LogP contribution in [0.4, 0.5) is 5.69 Å². The minimum atomic E-state index is -0.955. The Morgan fingerprint density at radius 2 is 2.00 bits per heavy atom. The quantitative estimate of drug-likeness (QED) is 0.422. The number of nitro benzene ring substituents is 1. The second-order valence-corrected chi connectivity index (χ2v) is 6.16. The third-order valence-electron chi connectivity index (χ3n) is 4.35. The van der Waals surface area contributed by atoms with Crippen LogP contribution < -0.4 is 0 Å². The summed E-state index contributed by atoms with van der Waals surface area (Å²) in [5, 5.41) is 11.2. The number of piperidine rings is 1. The molecule has 1 saturated heterocycles. The van der Waals surface area contributed by atoms with Crippen molar-refractivity contribution in [2.24, 2.45) is 0 Å². The number of para-hydroxylation sites is 1. The lowest BCUT2D eigenvalue weighted by atomic mass is 10.0. The van der Waals surface area contributed by atoms with Crippen LogP contribution in [-0.2, 0) is 19.1 Å². The van der Waals surface area contributed by atoms with Crippen LogP contribution in [0.15, 0.2) is 18.2 Å². The number of ether oxygens (including phenoxy) is 2. The van der Waals surface area contributed by atoms with Crippen LogP contribution in [0.25, 0.3) is 0 Å². The number of likely N-dealkylation sites (tertiary alicyclic amines) is 1. The molecule has 1 atom stereocenters. The average molecular weight is 378 g/mol. The molecular formula is C18H22N2O7. The van der Waals surface area contributed by atoms with Crippen molar-refractivity contribution in [3.8, 4) is 0 Å². The van der Waals surface area contributed by atoms with Crippen molar-refractivity contribution >= 4 is 23.5 Å². The van der Waals surface area contributed by atoms with Gasteiger partial charge >= 0.3 is 11.9 Å². The van der Waals surface area contributed by atoms with Crippen molar-refractivity contribution in [3.05, 3.63) is 39.4 Å². The number of hydrogen-bond acceptors (Lipinski definition) is 7. The number of hydrogen-bond donors (Lipinski definition) is 0. The maximum atomic E-state index is 12.4. The smallest absolute Gasteiger partial charge is 0.345 e. The van der Waals surface area contributed by atoms with Gasteiger partial charge in [-0.15, -0.1) is 0 Å². The number of carbonyl (C=O) groups is 3. The van der Waals surface area contributed by atoms with Crippen LogP contribution in [0.2, 0.25) is 0 Å². The molecule has 27 heavy (non-hydrogen) atoms. The molecule has 9 nitrogen and oxygen atoms in total. The van der Waals surface area contributed by atoms with Gasteiger partial charge in [0.05, 0.1) is 11.5 Å². The van der Waals surface area contributed by atoms with Crippen LogP contribution >= 0.6 is 0 Å². The van der Waals surface area contributed by atoms with Gasteiger partial charge in [0.2, 0.25) is 0 Å². The number of nitrogens with zero attached hydrogens (tertiary/aromatic N) is 2. The maximum absolute atomic E-state index is 12.4. The van der Waals surface area contributed by atoms with E-state index < -0.39 is 35.4 Å². The van der Waals surface area contributed by atoms with E-state index in [1.807, 2.05) is 0 Å². The van der Waals surface area contributed by atoms with E-state index in [1.54, 1.807) is 6.92 Å². The predicted molar refractivity (Wildman–Crippen MR) is 94.1 cm³/mol. The van der Waals surface area contributed by atoms with E-state index in [0.29, 0.717) is 18.5 Å². The molecule has 146 valence electrons. The third kappa shape index (κ3) is 4.81. The highest BCUT2D eigenvalue weighted by molar-refractivity contribution is 5.96. The molecule has 1 amide bonds. The monoisotopic (exact) mass is 378 g/mol. The van der Waals surface area contributed by atoms with Gasteiger partial charge in [-0.2, -0.15) is 0 Å². The third-order valence-corrected chi connectivity index (χ3v) is 4.35. The Morgan fingerprint density at radius 1 is 1.26 bits per heavy atom. The Kier molecular flexibility index (Phi) is 6.86. The van der Waals surface area contributed by atoms with Gasteiger partial charge in [-0.1, -0.05) is 12.1 Å². The van der Waals surface area contributed by atoms with E-state index in [0.717, 1.165) is 12.8 Å². The summed E-state index contributed by atoms with van der Waals surface area (Å²) in [6.45, 7) is 3.18. The summed E-state index contributed by atoms with van der Waals surface area (Å²) in [6, 6.07) is 3.60. The topological polar surface area (TPSA) is 116 Å². The van der Waals surface area contributed by atoms with Gasteiger partial charge in [0, 0.05) is 12.1 Å². The lowest BCUT2D eigenvalue weighted by Crippen LogP contribution is -2.50. The standard InChI is InChI=1S/C18H22N2O7/c1-3-26-18(23)14-9-4-5-10-19(14)15(21)11-27-17(22)13-8-6-7-12(2)16(13)20(24)25/h6-8,14H,3-5,9-11H2,1-2H3/t14-/m1/s1. The fourth-order valence-corrected chi connectivity index (χ4v) is 3.07. The van der Waals surface area contributed by atoms with E-state index in [9.17, 15) is 24.5 Å². The first kappa shape index (κ1) is 20.3. The Hall–Kier alpha value is -2.97. The van der Waals surface area contributed by atoms with Crippen molar-refractivity contribution in [1.82, 2.24) is 4.90 Å². The molecular weight excluding hydrogens is 356 g/mol. The largest absolute Gasteiger partial charge is 0.464 e. The molecule has 1 fully saturated rings. The lowest BCUT2D eigenvalue weighted by molar-refractivity contribution is -0.385. The van der Waals surface area contributed by atoms with Crippen LogP contribution in [0.3, 0.4) is 0 Å². The van der Waals surface area contributed by atoms with Gasteiger partial charge in [-0.25, -0.2) is 9.59 Å². The van der Waals surface area contributed by atoms with Gasteiger partial charge in [-0.05, 0) is 39.2 Å². The first-order chi connectivity index (χ1) is 12.9. The Morgan fingerprint density at radius 3 is 2.67 bits per heavy atom. The second kappa shape index (κ2) is 9.11. The highest BCUT2D eigenvalue weighted by atomic mass is 16.6. The molecule has 0 saturated carbocycles. The molecule has 2 rings (SSSR count). The zero-order chi connectivity index (χ0) is 20.0. The predicted octanol–water partition coefficient (Wildman–Crippen LogP) is 2.00. The van der Waals surface area contributed by atoms with Crippen molar-refractivity contribution < 1.29 is 28.8 Å². The number of benzene rings is 1. The maximum Gasteiger partial charge on any atom is 0.345 e. The number of amides is 1. The van der Waals surface area contributed by atoms with Crippen LogP contribution in [-0.4, -0.2) is 53.5 Å². The van der Waals surface area contributed by atoms with Gasteiger partial charge in [0.25, 0.3) is 11.6 Å². The Bertz CT molecular complexity index is 747. The van der Waals surface area contributed by atoms with Gasteiger partial charge in [0.1, 0.15) is 11.6 Å². The fraction of sp³-hybridized carbons (Fsp3) is 0.500. The molecule has 0 N–H and O–H groups in total. The molecule has 0 unspecified atom stereocenters. The summed E-state index contributed by atoms with van der Waals surface area (Å²) >= 11 is 0. The highest BCUT2D eigenvalue weighted by Crippen LogP contribution is 2.24. The van der Waals surface area contributed by atoms with Crippen molar-refractivity contribution in [1.29, 1.82) is 0 Å². The summed E-state index contributed by atoms with van der Waals surface area (Å²) in [5.41, 5.74) is -0.245.